The molecule has 1 aromatic carbocycles. The van der Waals surface area contributed by atoms with E-state index in [9.17, 15) is 9.59 Å². The van der Waals surface area contributed by atoms with Gasteiger partial charge < -0.3 is 15.4 Å². The van der Waals surface area contributed by atoms with E-state index in [1.165, 1.54) is 0 Å². The van der Waals surface area contributed by atoms with Crippen molar-refractivity contribution in [1.82, 2.24) is 20.5 Å². The van der Waals surface area contributed by atoms with Crippen LogP contribution in [0, 0.1) is 5.41 Å². The molecule has 2 atom stereocenters. The number of benzene rings is 1. The van der Waals surface area contributed by atoms with Gasteiger partial charge in [-0.05, 0) is 37.0 Å². The summed E-state index contributed by atoms with van der Waals surface area (Å²) < 4.78 is 5.71. The minimum atomic E-state index is -0.374. The van der Waals surface area contributed by atoms with E-state index in [1.807, 2.05) is 45.0 Å². The molecule has 1 unspecified atom stereocenters. The molecule has 2 amide bonds. The summed E-state index contributed by atoms with van der Waals surface area (Å²) >= 11 is 0. The van der Waals surface area contributed by atoms with Crippen molar-refractivity contribution in [2.75, 3.05) is 6.61 Å². The van der Waals surface area contributed by atoms with Crippen molar-refractivity contribution < 1.29 is 14.3 Å². The Hall–Kier alpha value is -3.42. The standard InChI is InChI=1S/C27H35N5O3/c1-4-9-22(32-24(33)15-27(5-2,6-3)31-26(32)28)18-14-19(17-29-16-18)25(34)30-21-12-13-35-23-11-8-7-10-20(21)23/h7-8,10-11,14,16-17,21-22H,4-6,9,12-13,15H2,1-3H3,(H2,28,31)(H,30,34)/t21-,22?/m0/s1. The lowest BCUT2D eigenvalue weighted by atomic mass is 9.86. The zero-order valence-electron chi connectivity index (χ0n) is 20.8. The molecule has 2 aromatic rings. The molecule has 4 rings (SSSR count). The number of amides is 2. The van der Waals surface area contributed by atoms with Gasteiger partial charge in [-0.25, -0.2) is 0 Å². The highest BCUT2D eigenvalue weighted by Crippen LogP contribution is 2.34. The number of carbonyl (C=O) groups excluding carboxylic acids is 2. The first-order valence-corrected chi connectivity index (χ1v) is 12.6. The van der Waals surface area contributed by atoms with Gasteiger partial charge in [-0.2, -0.15) is 0 Å². The largest absolute Gasteiger partial charge is 0.493 e. The van der Waals surface area contributed by atoms with Crippen LogP contribution in [0.15, 0.2) is 42.7 Å². The number of pyridine rings is 1. The van der Waals surface area contributed by atoms with Crippen LogP contribution in [0.5, 0.6) is 5.75 Å². The fraction of sp³-hybridized carbons (Fsp3) is 0.481. The summed E-state index contributed by atoms with van der Waals surface area (Å²) in [7, 11) is 0. The second kappa shape index (κ2) is 10.5. The number of nitrogens with one attached hydrogen (secondary N) is 3. The smallest absolute Gasteiger partial charge is 0.253 e. The van der Waals surface area contributed by atoms with E-state index in [0.717, 1.165) is 36.1 Å². The highest BCUT2D eigenvalue weighted by atomic mass is 16.5. The maximum absolute atomic E-state index is 13.3. The van der Waals surface area contributed by atoms with Gasteiger partial charge in [0.15, 0.2) is 5.96 Å². The van der Waals surface area contributed by atoms with Crippen LogP contribution in [0.1, 0.15) is 92.9 Å². The lowest BCUT2D eigenvalue weighted by Gasteiger charge is -2.44. The number of nitrogens with zero attached hydrogens (tertiary/aromatic N) is 2. The minimum absolute atomic E-state index is 0.0652. The van der Waals surface area contributed by atoms with Gasteiger partial charge in [0.2, 0.25) is 5.91 Å². The first-order valence-electron chi connectivity index (χ1n) is 12.6. The molecular weight excluding hydrogens is 442 g/mol. The van der Waals surface area contributed by atoms with Crippen molar-refractivity contribution in [1.29, 1.82) is 5.41 Å². The Labute approximate surface area is 207 Å². The second-order valence-electron chi connectivity index (χ2n) is 9.41. The summed E-state index contributed by atoms with van der Waals surface area (Å²) in [5, 5.41) is 15.1. The average molecular weight is 478 g/mol. The summed E-state index contributed by atoms with van der Waals surface area (Å²) in [6.45, 7) is 6.67. The van der Waals surface area contributed by atoms with Gasteiger partial charge in [0.25, 0.3) is 5.91 Å². The summed E-state index contributed by atoms with van der Waals surface area (Å²) in [6.07, 6.45) is 7.32. The summed E-state index contributed by atoms with van der Waals surface area (Å²) in [4.78, 5) is 32.3. The van der Waals surface area contributed by atoms with Crippen LogP contribution < -0.4 is 15.4 Å². The zero-order chi connectivity index (χ0) is 25.0. The number of rotatable bonds is 8. The number of para-hydroxylation sites is 1. The lowest BCUT2D eigenvalue weighted by molar-refractivity contribution is -0.132. The first kappa shape index (κ1) is 24.7. The first-order chi connectivity index (χ1) is 16.9. The molecule has 0 radical (unpaired) electrons. The Balaban J connectivity index is 1.56. The van der Waals surface area contributed by atoms with E-state index >= 15 is 0 Å². The minimum Gasteiger partial charge on any atom is -0.493 e. The fourth-order valence-corrected chi connectivity index (χ4v) is 5.08. The number of fused-ring (bicyclic) bond motifs is 1. The maximum atomic E-state index is 13.3. The van der Waals surface area contributed by atoms with Crippen LogP contribution in [0.2, 0.25) is 0 Å². The number of hydrogen-bond donors (Lipinski definition) is 3. The topological polar surface area (TPSA) is 107 Å². The van der Waals surface area contributed by atoms with Gasteiger partial charge in [-0.15, -0.1) is 0 Å². The third-order valence-electron chi connectivity index (χ3n) is 7.28. The summed E-state index contributed by atoms with van der Waals surface area (Å²) in [5.74, 6) is 0.635. The quantitative estimate of drug-likeness (QED) is 0.519. The molecule has 1 saturated heterocycles. The molecule has 0 spiro atoms. The summed E-state index contributed by atoms with van der Waals surface area (Å²) in [6, 6.07) is 9.05. The van der Waals surface area contributed by atoms with E-state index < -0.39 is 0 Å². The molecule has 0 bridgehead atoms. The van der Waals surface area contributed by atoms with Gasteiger partial charge in [-0.3, -0.25) is 24.9 Å². The molecule has 8 nitrogen and oxygen atoms in total. The highest BCUT2D eigenvalue weighted by molar-refractivity contribution is 6.00. The molecule has 0 aliphatic carbocycles. The third kappa shape index (κ3) is 5.01. The van der Waals surface area contributed by atoms with E-state index in [2.05, 4.69) is 15.6 Å². The van der Waals surface area contributed by atoms with Gasteiger partial charge in [0, 0.05) is 29.9 Å². The SMILES string of the molecule is CCCC(c1cncc(C(=O)N[C@H]2CCOc3ccccc32)c1)N1C(=N)NC(CC)(CC)CC1=O. The van der Waals surface area contributed by atoms with Crippen LogP contribution in [0.4, 0.5) is 0 Å². The van der Waals surface area contributed by atoms with Gasteiger partial charge in [-0.1, -0.05) is 45.4 Å². The van der Waals surface area contributed by atoms with Crippen LogP contribution >= 0.6 is 0 Å². The van der Waals surface area contributed by atoms with Crippen molar-refractivity contribution in [3.05, 3.63) is 59.4 Å². The Bertz CT molecular complexity index is 1080. The maximum Gasteiger partial charge on any atom is 0.253 e. The molecule has 1 fully saturated rings. The normalized spacial score (nSPS) is 19.9. The predicted octanol–water partition coefficient (Wildman–Crippen LogP) is 4.49. The van der Waals surface area contributed by atoms with Gasteiger partial charge in [0.05, 0.1) is 30.7 Å². The number of guanidine groups is 1. The van der Waals surface area contributed by atoms with Crippen LogP contribution in [-0.4, -0.2) is 39.8 Å². The monoisotopic (exact) mass is 477 g/mol. The molecular formula is C27H35N5O3. The van der Waals surface area contributed by atoms with Crippen LogP contribution in [0.3, 0.4) is 0 Å². The molecule has 3 heterocycles. The molecule has 35 heavy (non-hydrogen) atoms. The lowest BCUT2D eigenvalue weighted by Crippen LogP contribution is -2.62. The van der Waals surface area contributed by atoms with Crippen molar-refractivity contribution in [3.63, 3.8) is 0 Å². The van der Waals surface area contributed by atoms with Crippen molar-refractivity contribution in [3.8, 4) is 5.75 Å². The fourth-order valence-electron chi connectivity index (χ4n) is 5.08. The van der Waals surface area contributed by atoms with Crippen LogP contribution in [-0.2, 0) is 4.79 Å². The van der Waals surface area contributed by atoms with Crippen molar-refractivity contribution in [2.24, 2.45) is 0 Å². The Morgan fingerprint density at radius 1 is 1.29 bits per heavy atom. The predicted molar refractivity (Wildman–Crippen MR) is 134 cm³/mol. The van der Waals surface area contributed by atoms with E-state index in [-0.39, 0.29) is 35.4 Å². The molecule has 2 aliphatic heterocycles. The van der Waals surface area contributed by atoms with Gasteiger partial charge in [0.1, 0.15) is 5.75 Å². The van der Waals surface area contributed by atoms with E-state index in [4.69, 9.17) is 10.1 Å². The molecule has 186 valence electrons. The third-order valence-corrected chi connectivity index (χ3v) is 7.28. The Morgan fingerprint density at radius 3 is 2.77 bits per heavy atom. The van der Waals surface area contributed by atoms with Gasteiger partial charge >= 0.3 is 0 Å². The summed E-state index contributed by atoms with van der Waals surface area (Å²) in [5.41, 5.74) is 1.79. The average Bonchev–Trinajstić information content (AvgIpc) is 2.88. The van der Waals surface area contributed by atoms with E-state index in [1.54, 1.807) is 23.4 Å². The van der Waals surface area contributed by atoms with Crippen molar-refractivity contribution >= 4 is 17.8 Å². The van der Waals surface area contributed by atoms with E-state index in [0.29, 0.717) is 31.4 Å². The Kier molecular flexibility index (Phi) is 7.38. The number of carbonyl (C=O) groups is 2. The molecule has 0 saturated carbocycles. The highest BCUT2D eigenvalue weighted by Gasteiger charge is 2.42. The molecule has 2 aliphatic rings. The second-order valence-corrected chi connectivity index (χ2v) is 9.41. The zero-order valence-corrected chi connectivity index (χ0v) is 20.8. The van der Waals surface area contributed by atoms with Crippen molar-refractivity contribution in [2.45, 2.75) is 76.9 Å². The number of ether oxygens (including phenoxy) is 1. The Morgan fingerprint density at radius 2 is 2.06 bits per heavy atom. The molecule has 3 N–H and O–H groups in total. The van der Waals surface area contributed by atoms with Crippen LogP contribution in [0.25, 0.3) is 0 Å². The number of hydrogen-bond acceptors (Lipinski definition) is 5. The molecule has 8 heteroatoms. The number of aromatic nitrogens is 1. The molecule has 1 aromatic heterocycles.